The van der Waals surface area contributed by atoms with Crippen LogP contribution in [0.2, 0.25) is 0 Å². The first-order valence-electron chi connectivity index (χ1n) is 6.52. The van der Waals surface area contributed by atoms with Gasteiger partial charge in [0.2, 0.25) is 0 Å². The zero-order valence-corrected chi connectivity index (χ0v) is 14.1. The number of sulfone groups is 1. The number of carbonyl (C=O) groups excluding carboxylic acids is 1. The van der Waals surface area contributed by atoms with Crippen molar-refractivity contribution in [2.24, 2.45) is 0 Å². The Labute approximate surface area is 131 Å². The summed E-state index contributed by atoms with van der Waals surface area (Å²) in [6, 6.07) is 5.19. The number of nitrogen functional groups attached to an aromatic ring is 1. The molecule has 0 bridgehead atoms. The fraction of sp³-hybridized carbons (Fsp3) is 0.500. The highest BCUT2D eigenvalue weighted by Gasteiger charge is 2.41. The van der Waals surface area contributed by atoms with Gasteiger partial charge in [-0.25, -0.2) is 8.42 Å². The number of hydrogen-bond acceptors (Lipinski definition) is 4. The summed E-state index contributed by atoms with van der Waals surface area (Å²) in [4.78, 5) is 14.1. The third-order valence-corrected chi connectivity index (χ3v) is 6.36. The highest BCUT2D eigenvalue weighted by molar-refractivity contribution is 7.92. The number of nitrogens with two attached hydrogens (primary N) is 1. The van der Waals surface area contributed by atoms with Crippen LogP contribution in [0.15, 0.2) is 18.2 Å². The number of halogens is 1. The topological polar surface area (TPSA) is 80.5 Å². The molecule has 0 unspecified atom stereocenters. The first-order chi connectivity index (χ1) is 9.14. The molecule has 1 fully saturated rings. The first kappa shape index (κ1) is 17.8. The lowest BCUT2D eigenvalue weighted by Crippen LogP contribution is -2.54. The monoisotopic (exact) mass is 332 g/mol. The van der Waals surface area contributed by atoms with E-state index in [2.05, 4.69) is 0 Å². The molecule has 0 radical (unpaired) electrons. The molecule has 0 spiro atoms. The predicted octanol–water partition coefficient (Wildman–Crippen LogP) is 1.65. The van der Waals surface area contributed by atoms with Crippen LogP contribution < -0.4 is 5.73 Å². The first-order valence-corrected chi connectivity index (χ1v) is 8.17. The van der Waals surface area contributed by atoms with E-state index in [0.29, 0.717) is 11.3 Å². The van der Waals surface area contributed by atoms with Gasteiger partial charge >= 0.3 is 0 Å². The van der Waals surface area contributed by atoms with Gasteiger partial charge in [0.15, 0.2) is 9.84 Å². The molecule has 2 rings (SSSR count). The Kier molecular flexibility index (Phi) is 4.95. The Balaban J connectivity index is 0.00000220. The summed E-state index contributed by atoms with van der Waals surface area (Å²) in [5.74, 6) is -0.148. The van der Waals surface area contributed by atoms with Crippen molar-refractivity contribution in [3.63, 3.8) is 0 Å². The van der Waals surface area contributed by atoms with E-state index in [1.165, 1.54) is 0 Å². The number of rotatable bonds is 1. The number of anilines is 1. The highest BCUT2D eigenvalue weighted by atomic mass is 35.5. The molecule has 1 aliphatic rings. The van der Waals surface area contributed by atoms with E-state index in [9.17, 15) is 13.2 Å². The van der Waals surface area contributed by atoms with Crippen LogP contribution in [0, 0.1) is 6.92 Å². The van der Waals surface area contributed by atoms with Gasteiger partial charge < -0.3 is 10.6 Å². The number of amides is 1. The molecule has 1 aromatic carbocycles. The summed E-state index contributed by atoms with van der Waals surface area (Å²) in [7, 11) is -3.15. The maximum atomic E-state index is 12.5. The molecule has 1 amide bonds. The molecule has 2 N–H and O–H groups in total. The molecule has 1 saturated heterocycles. The number of aryl methyl sites for hydroxylation is 1. The maximum Gasteiger partial charge on any atom is 0.254 e. The zero-order chi connectivity index (χ0) is 15.1. The van der Waals surface area contributed by atoms with E-state index >= 15 is 0 Å². The normalized spacial score (nSPS) is 19.7. The second kappa shape index (κ2) is 5.85. The van der Waals surface area contributed by atoms with Crippen molar-refractivity contribution < 1.29 is 13.2 Å². The summed E-state index contributed by atoms with van der Waals surface area (Å²) < 4.78 is 23.0. The van der Waals surface area contributed by atoms with Gasteiger partial charge in [-0.2, -0.15) is 0 Å². The molecule has 7 heteroatoms. The molecule has 1 aliphatic heterocycles. The Hall–Kier alpha value is -1.27. The third-order valence-electron chi connectivity index (χ3n) is 3.82. The molecule has 0 aliphatic carbocycles. The lowest BCUT2D eigenvalue weighted by molar-refractivity contribution is 0.0743. The molecule has 1 aromatic rings. The van der Waals surface area contributed by atoms with Crippen molar-refractivity contribution in [2.75, 3.05) is 24.6 Å². The summed E-state index contributed by atoms with van der Waals surface area (Å²) in [6.45, 7) is 5.61. The molecule has 5 nitrogen and oxygen atoms in total. The van der Waals surface area contributed by atoms with Crippen LogP contribution in [-0.4, -0.2) is 42.8 Å². The molecule has 21 heavy (non-hydrogen) atoms. The number of benzene rings is 1. The minimum Gasteiger partial charge on any atom is -0.399 e. The Bertz CT molecular complexity index is 656. The van der Waals surface area contributed by atoms with Crippen molar-refractivity contribution in [1.82, 2.24) is 4.90 Å². The van der Waals surface area contributed by atoms with E-state index in [4.69, 9.17) is 5.73 Å². The minimum absolute atomic E-state index is 0. The molecular formula is C14H21ClN2O3S. The standard InChI is InChI=1S/C14H20N2O3S.ClH/c1-10-4-5-11(15)8-12(10)13(17)16-6-7-20(18,19)14(2,3)9-16;/h4-5,8H,6-7,9,15H2,1-3H3;1H. The van der Waals surface area contributed by atoms with Crippen LogP contribution in [0.1, 0.15) is 29.8 Å². The van der Waals surface area contributed by atoms with Crippen LogP contribution in [0.3, 0.4) is 0 Å². The van der Waals surface area contributed by atoms with Crippen molar-refractivity contribution >= 4 is 33.8 Å². The van der Waals surface area contributed by atoms with E-state index in [-0.39, 0.29) is 37.2 Å². The second-order valence-corrected chi connectivity index (χ2v) is 8.62. The Morgan fingerprint density at radius 2 is 1.95 bits per heavy atom. The average Bonchev–Trinajstić information content (AvgIpc) is 2.35. The smallest absolute Gasteiger partial charge is 0.254 e. The van der Waals surface area contributed by atoms with E-state index in [1.807, 2.05) is 6.92 Å². The van der Waals surface area contributed by atoms with Crippen LogP contribution in [0.5, 0.6) is 0 Å². The Morgan fingerprint density at radius 1 is 1.33 bits per heavy atom. The van der Waals surface area contributed by atoms with Gasteiger partial charge in [-0.1, -0.05) is 6.07 Å². The van der Waals surface area contributed by atoms with Gasteiger partial charge in [0.05, 0.1) is 10.5 Å². The number of nitrogens with zero attached hydrogens (tertiary/aromatic N) is 1. The van der Waals surface area contributed by atoms with Crippen LogP contribution in [0.25, 0.3) is 0 Å². The molecule has 118 valence electrons. The molecular weight excluding hydrogens is 312 g/mol. The van der Waals surface area contributed by atoms with E-state index < -0.39 is 14.6 Å². The van der Waals surface area contributed by atoms with Crippen molar-refractivity contribution in [3.05, 3.63) is 29.3 Å². The number of hydrogen-bond donors (Lipinski definition) is 1. The van der Waals surface area contributed by atoms with Crippen LogP contribution in [0.4, 0.5) is 5.69 Å². The lowest BCUT2D eigenvalue weighted by atomic mass is 10.1. The maximum absolute atomic E-state index is 12.5. The number of carbonyl (C=O) groups is 1. The van der Waals surface area contributed by atoms with Gasteiger partial charge in [-0.05, 0) is 38.5 Å². The molecule has 0 saturated carbocycles. The molecule has 1 heterocycles. The van der Waals surface area contributed by atoms with E-state index in [0.717, 1.165) is 5.56 Å². The largest absolute Gasteiger partial charge is 0.399 e. The lowest BCUT2D eigenvalue weighted by Gasteiger charge is -2.37. The summed E-state index contributed by atoms with van der Waals surface area (Å²) in [6.07, 6.45) is 0. The van der Waals surface area contributed by atoms with Crippen molar-refractivity contribution in [3.8, 4) is 0 Å². The van der Waals surface area contributed by atoms with Gasteiger partial charge in [0, 0.05) is 24.3 Å². The SMILES string of the molecule is Cc1ccc(N)cc1C(=O)N1CCS(=O)(=O)C(C)(C)C1.Cl. The van der Waals surface area contributed by atoms with Crippen LogP contribution in [-0.2, 0) is 9.84 Å². The molecule has 0 atom stereocenters. The third kappa shape index (κ3) is 3.32. The predicted molar refractivity (Wildman–Crippen MR) is 86.6 cm³/mol. The minimum atomic E-state index is -3.15. The summed E-state index contributed by atoms with van der Waals surface area (Å²) in [5.41, 5.74) is 7.64. The van der Waals surface area contributed by atoms with Gasteiger partial charge in [-0.15, -0.1) is 12.4 Å². The second-order valence-electron chi connectivity index (χ2n) is 5.88. The van der Waals surface area contributed by atoms with Crippen molar-refractivity contribution in [1.29, 1.82) is 0 Å². The van der Waals surface area contributed by atoms with E-state index in [1.54, 1.807) is 36.9 Å². The fourth-order valence-corrected chi connectivity index (χ4v) is 3.72. The highest BCUT2D eigenvalue weighted by Crippen LogP contribution is 2.25. The van der Waals surface area contributed by atoms with Crippen LogP contribution >= 0.6 is 12.4 Å². The summed E-state index contributed by atoms with van der Waals surface area (Å²) >= 11 is 0. The fourth-order valence-electron chi connectivity index (χ4n) is 2.36. The van der Waals surface area contributed by atoms with Crippen molar-refractivity contribution in [2.45, 2.75) is 25.5 Å². The average molecular weight is 333 g/mol. The van der Waals surface area contributed by atoms with Gasteiger partial charge in [-0.3, -0.25) is 4.79 Å². The summed E-state index contributed by atoms with van der Waals surface area (Å²) in [5, 5.41) is 0. The Morgan fingerprint density at radius 3 is 2.52 bits per heavy atom. The zero-order valence-electron chi connectivity index (χ0n) is 12.4. The quantitative estimate of drug-likeness (QED) is 0.793. The van der Waals surface area contributed by atoms with Gasteiger partial charge in [0.25, 0.3) is 5.91 Å². The molecule has 0 aromatic heterocycles. The van der Waals surface area contributed by atoms with Gasteiger partial charge in [0.1, 0.15) is 0 Å².